The normalized spacial score (nSPS) is 13.0. The van der Waals surface area contributed by atoms with Crippen LogP contribution in [0.4, 0.5) is 0 Å². The number of aromatic hydroxyl groups is 2. The van der Waals surface area contributed by atoms with Crippen molar-refractivity contribution >= 4 is 5.97 Å². The van der Waals surface area contributed by atoms with Crippen molar-refractivity contribution < 1.29 is 24.5 Å². The minimum atomic E-state index is -0.765. The van der Waals surface area contributed by atoms with E-state index < -0.39 is 11.9 Å². The highest BCUT2D eigenvalue weighted by atomic mass is 16.5. The van der Waals surface area contributed by atoms with Gasteiger partial charge in [-0.15, -0.1) is 0 Å². The molecule has 0 aliphatic carbocycles. The van der Waals surface area contributed by atoms with Gasteiger partial charge in [0.1, 0.15) is 28.9 Å². The molecule has 0 aromatic heterocycles. The smallest absolute Gasteiger partial charge is 0.318 e. The van der Waals surface area contributed by atoms with Gasteiger partial charge >= 0.3 is 5.97 Å². The van der Waals surface area contributed by atoms with E-state index in [-0.39, 0.29) is 18.1 Å². The predicted octanol–water partition coefficient (Wildman–Crippen LogP) is 4.75. The predicted molar refractivity (Wildman–Crippen MR) is 103 cm³/mol. The van der Waals surface area contributed by atoms with E-state index in [1.807, 2.05) is 27.7 Å². The summed E-state index contributed by atoms with van der Waals surface area (Å²) in [6.45, 7) is 13.0. The van der Waals surface area contributed by atoms with Gasteiger partial charge in [-0.2, -0.15) is 0 Å². The molecule has 2 aromatic rings. The third-order valence-corrected chi connectivity index (χ3v) is 5.83. The Morgan fingerprint density at radius 2 is 1.22 bits per heavy atom. The van der Waals surface area contributed by atoms with Crippen LogP contribution in [0, 0.1) is 41.5 Å². The maximum absolute atomic E-state index is 13.0. The van der Waals surface area contributed by atoms with Crippen LogP contribution in [0.15, 0.2) is 0 Å². The first-order valence-corrected chi connectivity index (χ1v) is 9.13. The van der Waals surface area contributed by atoms with Crippen LogP contribution < -0.4 is 4.74 Å². The largest absolute Gasteiger partial charge is 0.507 e. The lowest BCUT2D eigenvalue weighted by Gasteiger charge is -2.33. The summed E-state index contributed by atoms with van der Waals surface area (Å²) in [6.07, 6.45) is 0. The van der Waals surface area contributed by atoms with Crippen molar-refractivity contribution in [2.45, 2.75) is 54.4 Å². The van der Waals surface area contributed by atoms with Crippen LogP contribution in [0.1, 0.15) is 57.3 Å². The number of hydrogen-bond donors (Lipinski definition) is 2. The number of phenols is 2. The quantitative estimate of drug-likeness (QED) is 0.746. The van der Waals surface area contributed by atoms with Gasteiger partial charge in [-0.1, -0.05) is 0 Å². The van der Waals surface area contributed by atoms with Gasteiger partial charge < -0.3 is 19.7 Å². The number of carbonyl (C=O) groups excluding carboxylic acids is 1. The van der Waals surface area contributed by atoms with Crippen molar-refractivity contribution in [2.75, 3.05) is 6.61 Å². The topological polar surface area (TPSA) is 76.0 Å². The summed E-state index contributed by atoms with van der Waals surface area (Å²) >= 11 is 0. The summed E-state index contributed by atoms with van der Waals surface area (Å²) in [4.78, 5) is 13.0. The number of ether oxygens (including phenoxy) is 2. The van der Waals surface area contributed by atoms with Gasteiger partial charge in [0.05, 0.1) is 6.61 Å². The summed E-state index contributed by atoms with van der Waals surface area (Å²) in [6, 6.07) is 0. The molecule has 2 N–H and O–H groups in total. The van der Waals surface area contributed by atoms with Crippen LogP contribution in [0.2, 0.25) is 0 Å². The summed E-state index contributed by atoms with van der Waals surface area (Å²) in [7, 11) is 0. The van der Waals surface area contributed by atoms with Crippen molar-refractivity contribution in [1.82, 2.24) is 0 Å². The van der Waals surface area contributed by atoms with Gasteiger partial charge in [-0.25, -0.2) is 0 Å². The van der Waals surface area contributed by atoms with Crippen molar-refractivity contribution in [1.29, 1.82) is 0 Å². The van der Waals surface area contributed by atoms with E-state index in [2.05, 4.69) is 0 Å². The average molecular weight is 370 g/mol. The standard InChI is InChI=1S/C22H26O5/c1-8-26-22(25)17-15-13(6)18(23)9(2)11(4)20(15)27-21-12(5)10(3)19(24)14(7)16(17)21/h17,23-24H,8H2,1-7H3. The Bertz CT molecular complexity index is 903. The van der Waals surface area contributed by atoms with Gasteiger partial charge in [0, 0.05) is 11.1 Å². The van der Waals surface area contributed by atoms with E-state index in [1.54, 1.807) is 20.8 Å². The summed E-state index contributed by atoms with van der Waals surface area (Å²) < 4.78 is 11.7. The Kier molecular flexibility index (Phi) is 4.58. The van der Waals surface area contributed by atoms with Crippen molar-refractivity contribution in [2.24, 2.45) is 0 Å². The molecular weight excluding hydrogens is 344 g/mol. The molecule has 0 bridgehead atoms. The molecule has 5 heteroatoms. The maximum Gasteiger partial charge on any atom is 0.318 e. The molecule has 0 unspecified atom stereocenters. The molecule has 5 nitrogen and oxygen atoms in total. The van der Waals surface area contributed by atoms with Gasteiger partial charge in [0.15, 0.2) is 0 Å². The zero-order chi connectivity index (χ0) is 20.2. The van der Waals surface area contributed by atoms with E-state index in [0.29, 0.717) is 33.8 Å². The molecule has 0 spiro atoms. The van der Waals surface area contributed by atoms with Crippen LogP contribution in [-0.4, -0.2) is 22.8 Å². The van der Waals surface area contributed by atoms with E-state index in [9.17, 15) is 15.0 Å². The molecule has 1 heterocycles. The zero-order valence-corrected chi connectivity index (χ0v) is 16.9. The minimum Gasteiger partial charge on any atom is -0.507 e. The average Bonchev–Trinajstić information content (AvgIpc) is 2.65. The molecule has 0 radical (unpaired) electrons. The van der Waals surface area contributed by atoms with Crippen LogP contribution in [0.25, 0.3) is 0 Å². The lowest BCUT2D eigenvalue weighted by Crippen LogP contribution is -2.24. The number of esters is 1. The Morgan fingerprint density at radius 3 is 1.59 bits per heavy atom. The molecule has 0 saturated carbocycles. The molecule has 0 saturated heterocycles. The van der Waals surface area contributed by atoms with Gasteiger partial charge in [-0.3, -0.25) is 4.79 Å². The van der Waals surface area contributed by atoms with E-state index >= 15 is 0 Å². The summed E-state index contributed by atoms with van der Waals surface area (Å²) in [5.74, 6) is 0.289. The third kappa shape index (κ3) is 2.56. The molecule has 0 amide bonds. The highest BCUT2D eigenvalue weighted by Gasteiger charge is 2.40. The second-order valence-electron chi connectivity index (χ2n) is 7.22. The number of carbonyl (C=O) groups is 1. The Hall–Kier alpha value is -2.69. The van der Waals surface area contributed by atoms with Gasteiger partial charge in [-0.05, 0) is 81.8 Å². The molecule has 2 aromatic carbocycles. The highest BCUT2D eigenvalue weighted by Crippen LogP contribution is 2.54. The number of phenolic OH excluding ortho intramolecular Hbond substituents is 2. The number of rotatable bonds is 2. The third-order valence-electron chi connectivity index (χ3n) is 5.83. The molecule has 1 aliphatic rings. The van der Waals surface area contributed by atoms with Crippen molar-refractivity contribution in [3.05, 3.63) is 44.5 Å². The van der Waals surface area contributed by atoms with E-state index in [1.165, 1.54) is 0 Å². The first kappa shape index (κ1) is 19.1. The fourth-order valence-corrected chi connectivity index (χ4v) is 3.92. The Morgan fingerprint density at radius 1 is 0.815 bits per heavy atom. The maximum atomic E-state index is 13.0. The minimum absolute atomic E-state index is 0.151. The molecule has 27 heavy (non-hydrogen) atoms. The van der Waals surface area contributed by atoms with E-state index in [4.69, 9.17) is 9.47 Å². The molecule has 0 fully saturated rings. The van der Waals surface area contributed by atoms with Gasteiger partial charge in [0.25, 0.3) is 0 Å². The summed E-state index contributed by atoms with van der Waals surface area (Å²) in [5.41, 5.74) is 5.42. The summed E-state index contributed by atoms with van der Waals surface area (Å²) in [5, 5.41) is 21.2. The van der Waals surface area contributed by atoms with E-state index in [0.717, 1.165) is 22.3 Å². The second-order valence-corrected chi connectivity index (χ2v) is 7.22. The highest BCUT2D eigenvalue weighted by molar-refractivity contribution is 5.89. The van der Waals surface area contributed by atoms with Crippen LogP contribution in [-0.2, 0) is 9.53 Å². The second kappa shape index (κ2) is 6.48. The SMILES string of the molecule is CCOC(=O)C1c2c(C)c(O)c(C)c(C)c2Oc2c(C)c(C)c(O)c(C)c21. The fraction of sp³-hybridized carbons (Fsp3) is 0.409. The van der Waals surface area contributed by atoms with Crippen LogP contribution in [0.3, 0.4) is 0 Å². The molecular formula is C22H26O5. The van der Waals surface area contributed by atoms with Crippen LogP contribution >= 0.6 is 0 Å². The van der Waals surface area contributed by atoms with Crippen molar-refractivity contribution in [3.8, 4) is 23.0 Å². The Labute approximate surface area is 159 Å². The van der Waals surface area contributed by atoms with Gasteiger partial charge in [0.2, 0.25) is 0 Å². The molecule has 3 rings (SSSR count). The first-order valence-electron chi connectivity index (χ1n) is 9.13. The first-order chi connectivity index (χ1) is 12.6. The lowest BCUT2D eigenvalue weighted by molar-refractivity contribution is -0.144. The number of fused-ring (bicyclic) bond motifs is 2. The Balaban J connectivity index is 2.45. The lowest BCUT2D eigenvalue weighted by atomic mass is 9.79. The number of hydrogen-bond acceptors (Lipinski definition) is 5. The molecule has 1 aliphatic heterocycles. The zero-order valence-electron chi connectivity index (χ0n) is 16.9. The fourth-order valence-electron chi connectivity index (χ4n) is 3.92. The van der Waals surface area contributed by atoms with Crippen molar-refractivity contribution in [3.63, 3.8) is 0 Å². The molecule has 144 valence electrons. The molecule has 0 atom stereocenters. The number of benzene rings is 2. The van der Waals surface area contributed by atoms with Crippen LogP contribution in [0.5, 0.6) is 23.0 Å². The monoisotopic (exact) mass is 370 g/mol.